The van der Waals surface area contributed by atoms with Crippen molar-refractivity contribution in [2.75, 3.05) is 23.7 Å². The highest BCUT2D eigenvalue weighted by molar-refractivity contribution is 8.14. The number of aromatic nitrogens is 1. The van der Waals surface area contributed by atoms with Gasteiger partial charge in [0.25, 0.3) is 0 Å². The number of carboxylic acid groups (broad SMARTS) is 1. The van der Waals surface area contributed by atoms with Crippen LogP contribution in [0.25, 0.3) is 0 Å². The molecule has 4 rings (SSSR count). The molecule has 0 spiro atoms. The number of rotatable bonds is 10. The first-order chi connectivity index (χ1) is 19.8. The van der Waals surface area contributed by atoms with E-state index in [1.807, 2.05) is 24.3 Å². The molecule has 0 bridgehead atoms. The van der Waals surface area contributed by atoms with Gasteiger partial charge in [0.05, 0.1) is 22.2 Å². The fourth-order valence-electron chi connectivity index (χ4n) is 4.02. The van der Waals surface area contributed by atoms with Crippen LogP contribution in [-0.4, -0.2) is 64.4 Å². The first-order valence-corrected chi connectivity index (χ1v) is 15.4. The summed E-state index contributed by atoms with van der Waals surface area (Å²) >= 11 is 1.66. The third kappa shape index (κ3) is 8.14. The van der Waals surface area contributed by atoms with Gasteiger partial charge in [0.15, 0.2) is 0 Å². The maximum Gasteiger partial charge on any atom is 0.416 e. The quantitative estimate of drug-likeness (QED) is 0.340. The van der Waals surface area contributed by atoms with Crippen molar-refractivity contribution in [3.63, 3.8) is 0 Å². The summed E-state index contributed by atoms with van der Waals surface area (Å²) in [6, 6.07) is 16.5. The van der Waals surface area contributed by atoms with Crippen LogP contribution in [0.1, 0.15) is 37.6 Å². The smallest absolute Gasteiger partial charge is 0.416 e. The Bertz CT molecular complexity index is 1570. The standard InChI is InChI=1S/C29H31FN4O6S2/c1-29(2,3)40-28(37)34(19-26(35)36)25-6-4-5-23(32-25)18-33(42(38,39)24-13-11-22(30)12-14-24)17-20-7-9-21(10-8-20)27-31-15-16-41-27/h4-14H,15-19H2,1-3H3,(H,35,36). The molecular weight excluding hydrogens is 583 g/mol. The highest BCUT2D eigenvalue weighted by Crippen LogP contribution is 2.25. The monoisotopic (exact) mass is 614 g/mol. The first kappa shape index (κ1) is 31.1. The molecule has 1 aliphatic rings. The van der Waals surface area contributed by atoms with Gasteiger partial charge in [0.2, 0.25) is 10.0 Å². The van der Waals surface area contributed by atoms with E-state index >= 15 is 0 Å². The van der Waals surface area contributed by atoms with E-state index in [-0.39, 0.29) is 29.5 Å². The number of aliphatic carboxylic acids is 1. The molecule has 10 nitrogen and oxygen atoms in total. The van der Waals surface area contributed by atoms with Crippen LogP contribution in [0, 0.1) is 5.82 Å². The van der Waals surface area contributed by atoms with Crippen molar-refractivity contribution >= 4 is 44.7 Å². The molecule has 42 heavy (non-hydrogen) atoms. The van der Waals surface area contributed by atoms with Crippen molar-refractivity contribution in [1.29, 1.82) is 0 Å². The number of thioether (sulfide) groups is 1. The third-order valence-corrected chi connectivity index (χ3v) is 8.74. The number of carboxylic acids is 1. The lowest BCUT2D eigenvalue weighted by Crippen LogP contribution is -2.40. The summed E-state index contributed by atoms with van der Waals surface area (Å²) in [5, 5.41) is 10.4. The average molecular weight is 615 g/mol. The predicted octanol–water partition coefficient (Wildman–Crippen LogP) is 4.93. The summed E-state index contributed by atoms with van der Waals surface area (Å²) in [6.07, 6.45) is -0.907. The topological polar surface area (TPSA) is 129 Å². The molecule has 0 atom stereocenters. The summed E-state index contributed by atoms with van der Waals surface area (Å²) < 4.78 is 47.7. The van der Waals surface area contributed by atoms with Crippen LogP contribution < -0.4 is 4.90 Å². The maximum atomic E-state index is 13.7. The highest BCUT2D eigenvalue weighted by Gasteiger charge is 2.28. The Morgan fingerprint density at radius 3 is 2.31 bits per heavy atom. The van der Waals surface area contributed by atoms with Gasteiger partial charge >= 0.3 is 12.1 Å². The number of aliphatic imine (C=N–C) groups is 1. The lowest BCUT2D eigenvalue weighted by Gasteiger charge is -2.26. The second-order valence-corrected chi connectivity index (χ2v) is 13.4. The number of ether oxygens (including phenoxy) is 1. The Labute approximate surface area is 248 Å². The Kier molecular flexibility index (Phi) is 9.64. The molecule has 3 aromatic rings. The number of pyridine rings is 1. The van der Waals surface area contributed by atoms with Gasteiger partial charge in [-0.2, -0.15) is 4.31 Å². The predicted molar refractivity (Wildman–Crippen MR) is 159 cm³/mol. The summed E-state index contributed by atoms with van der Waals surface area (Å²) in [7, 11) is -4.13. The molecule has 1 amide bonds. The van der Waals surface area contributed by atoms with Crippen molar-refractivity contribution in [1.82, 2.24) is 9.29 Å². The average Bonchev–Trinajstić information content (AvgIpc) is 3.46. The van der Waals surface area contributed by atoms with Gasteiger partial charge in [-0.3, -0.25) is 14.7 Å². The van der Waals surface area contributed by atoms with Crippen LogP contribution in [-0.2, 0) is 32.6 Å². The molecule has 0 fully saturated rings. The fourth-order valence-corrected chi connectivity index (χ4v) is 6.29. The first-order valence-electron chi connectivity index (χ1n) is 13.0. The Morgan fingerprint density at radius 1 is 1.02 bits per heavy atom. The van der Waals surface area contributed by atoms with Crippen LogP contribution in [0.15, 0.2) is 76.6 Å². The number of carbonyl (C=O) groups excluding carboxylic acids is 1. The van der Waals surface area contributed by atoms with Crippen LogP contribution in [0.4, 0.5) is 15.0 Å². The lowest BCUT2D eigenvalue weighted by molar-refractivity contribution is -0.135. The van der Waals surface area contributed by atoms with Gasteiger partial charge < -0.3 is 9.84 Å². The number of hydrogen-bond donors (Lipinski definition) is 1. The SMILES string of the molecule is CC(C)(C)OC(=O)N(CC(=O)O)c1cccc(CN(Cc2ccc(C3=NCCS3)cc2)S(=O)(=O)c2ccc(F)cc2)n1. The van der Waals surface area contributed by atoms with Gasteiger partial charge in [-0.05, 0) is 62.7 Å². The van der Waals surface area contributed by atoms with E-state index < -0.39 is 40.0 Å². The zero-order valence-corrected chi connectivity index (χ0v) is 25.0. The maximum absolute atomic E-state index is 13.7. The van der Waals surface area contributed by atoms with Crippen molar-refractivity contribution in [2.45, 2.75) is 44.4 Å². The molecule has 0 aliphatic carbocycles. The minimum atomic E-state index is -4.13. The number of anilines is 1. The van der Waals surface area contributed by atoms with Gasteiger partial charge in [-0.15, -0.1) is 11.8 Å². The number of nitrogens with zero attached hydrogens (tertiary/aromatic N) is 4. The summed E-state index contributed by atoms with van der Waals surface area (Å²) in [6.45, 7) is 4.76. The molecule has 1 aromatic heterocycles. The largest absolute Gasteiger partial charge is 0.480 e. The molecule has 2 heterocycles. The summed E-state index contributed by atoms with van der Waals surface area (Å²) in [5.41, 5.74) is 1.02. The van der Waals surface area contributed by atoms with E-state index in [1.165, 1.54) is 22.5 Å². The normalized spacial score (nSPS) is 13.6. The van der Waals surface area contributed by atoms with Crippen molar-refractivity contribution in [2.24, 2.45) is 4.99 Å². The van der Waals surface area contributed by atoms with Crippen LogP contribution in [0.2, 0.25) is 0 Å². The zero-order chi connectivity index (χ0) is 30.5. The van der Waals surface area contributed by atoms with E-state index in [1.54, 1.807) is 44.7 Å². The number of halogens is 1. The Balaban J connectivity index is 1.66. The molecule has 2 aromatic carbocycles. The van der Waals surface area contributed by atoms with Crippen LogP contribution in [0.5, 0.6) is 0 Å². The molecule has 0 unspecified atom stereocenters. The second-order valence-electron chi connectivity index (χ2n) is 10.4. The van der Waals surface area contributed by atoms with Gasteiger partial charge in [-0.25, -0.2) is 22.6 Å². The van der Waals surface area contributed by atoms with E-state index in [9.17, 15) is 27.5 Å². The number of sulfonamides is 1. The van der Waals surface area contributed by atoms with Gasteiger partial charge in [-0.1, -0.05) is 30.3 Å². The molecule has 222 valence electrons. The molecule has 13 heteroatoms. The minimum absolute atomic E-state index is 0.0116. The summed E-state index contributed by atoms with van der Waals surface area (Å²) in [5.74, 6) is -0.940. The third-order valence-electron chi connectivity index (χ3n) is 5.91. The molecule has 1 N–H and O–H groups in total. The zero-order valence-electron chi connectivity index (χ0n) is 23.4. The lowest BCUT2D eigenvalue weighted by atomic mass is 10.1. The molecule has 0 saturated heterocycles. The van der Waals surface area contributed by atoms with Gasteiger partial charge in [0, 0.05) is 24.4 Å². The van der Waals surface area contributed by atoms with Crippen LogP contribution in [0.3, 0.4) is 0 Å². The van der Waals surface area contributed by atoms with Crippen LogP contribution >= 0.6 is 11.8 Å². The fraction of sp³-hybridized carbons (Fsp3) is 0.310. The number of amides is 1. The van der Waals surface area contributed by atoms with Crippen molar-refractivity contribution < 1.29 is 32.2 Å². The highest BCUT2D eigenvalue weighted by atomic mass is 32.2. The van der Waals surface area contributed by atoms with Gasteiger partial charge in [0.1, 0.15) is 23.8 Å². The van der Waals surface area contributed by atoms with Crippen molar-refractivity contribution in [3.05, 3.63) is 89.4 Å². The molecular formula is C29H31FN4O6S2. The molecule has 0 radical (unpaired) electrons. The molecule has 0 saturated carbocycles. The summed E-state index contributed by atoms with van der Waals surface area (Å²) in [4.78, 5) is 34.0. The molecule has 1 aliphatic heterocycles. The number of hydrogen-bond acceptors (Lipinski definition) is 8. The van der Waals surface area contributed by atoms with E-state index in [2.05, 4.69) is 9.98 Å². The minimum Gasteiger partial charge on any atom is -0.480 e. The van der Waals surface area contributed by atoms with E-state index in [0.717, 1.165) is 39.9 Å². The number of benzene rings is 2. The van der Waals surface area contributed by atoms with Crippen molar-refractivity contribution in [3.8, 4) is 0 Å². The number of carbonyl (C=O) groups is 2. The van der Waals surface area contributed by atoms with E-state index in [0.29, 0.717) is 5.56 Å². The Hall–Kier alpha value is -3.81. The second kappa shape index (κ2) is 13.0. The Morgan fingerprint density at radius 2 is 1.71 bits per heavy atom. The van der Waals surface area contributed by atoms with E-state index in [4.69, 9.17) is 4.74 Å².